The first-order valence-electron chi connectivity index (χ1n) is 6.71. The second kappa shape index (κ2) is 8.86. The number of nitro groups is 6. The highest BCUT2D eigenvalue weighted by molar-refractivity contribution is 5.67. The summed E-state index contributed by atoms with van der Waals surface area (Å²) in [5, 5.41) is 63.0. The van der Waals surface area contributed by atoms with Crippen molar-refractivity contribution in [3.8, 4) is 0 Å². The molecule has 0 heterocycles. The predicted molar refractivity (Wildman–Crippen MR) is 76.4 cm³/mol. The van der Waals surface area contributed by atoms with Crippen molar-refractivity contribution < 1.29 is 52.2 Å². The van der Waals surface area contributed by atoms with Crippen molar-refractivity contribution in [1.82, 2.24) is 4.90 Å². The number of amides is 1. The molecule has 0 spiro atoms. The van der Waals surface area contributed by atoms with Gasteiger partial charge in [0.15, 0.2) is 0 Å². The molecule has 0 fully saturated rings. The van der Waals surface area contributed by atoms with Gasteiger partial charge in [-0.25, -0.2) is 4.79 Å². The Hall–Kier alpha value is -4.54. The van der Waals surface area contributed by atoms with E-state index in [1.165, 1.54) is 0 Å². The summed E-state index contributed by atoms with van der Waals surface area (Å²) in [4.78, 5) is 59.6. The Morgan fingerprint density at radius 1 is 0.645 bits per heavy atom. The molecule has 0 unspecified atom stereocenters. The van der Waals surface area contributed by atoms with Crippen LogP contribution in [0.15, 0.2) is 0 Å². The van der Waals surface area contributed by atoms with Crippen LogP contribution >= 0.6 is 0 Å². The molecule has 0 aliphatic heterocycles. The lowest BCUT2D eigenvalue weighted by molar-refractivity contribution is -0.837. The number of hydrogen-bond donors (Lipinski definition) is 0. The SMILES string of the molecule is O=C(OCC(F)([N+](=O)[O-])[N+](=O)[O-])N(CC(F)([N+](=O)[O-])[N+](=O)[O-])CC(F)([N+](=O)[O-])[N+](=O)[O-]. The van der Waals surface area contributed by atoms with Crippen LogP contribution in [-0.2, 0) is 4.74 Å². The molecule has 0 aromatic carbocycles. The Morgan fingerprint density at radius 2 is 0.903 bits per heavy atom. The van der Waals surface area contributed by atoms with E-state index in [9.17, 15) is 78.7 Å². The van der Waals surface area contributed by atoms with E-state index in [4.69, 9.17) is 0 Å². The molecule has 0 saturated heterocycles. The van der Waals surface area contributed by atoms with E-state index in [0.717, 1.165) is 0 Å². The van der Waals surface area contributed by atoms with E-state index in [-0.39, 0.29) is 0 Å². The van der Waals surface area contributed by atoms with Gasteiger partial charge in [0.1, 0.15) is 29.5 Å². The summed E-state index contributed by atoms with van der Waals surface area (Å²) in [6, 6.07) is 0. The largest absolute Gasteiger partial charge is 0.648 e. The van der Waals surface area contributed by atoms with E-state index >= 15 is 0 Å². The zero-order valence-electron chi connectivity index (χ0n) is 14.1. The molecule has 1 amide bonds. The number of ether oxygens (including phenoxy) is 1. The average Bonchev–Trinajstić information content (AvgIpc) is 2.63. The third-order valence-corrected chi connectivity index (χ3v) is 3.10. The number of hydrogen-bond acceptors (Lipinski definition) is 14. The molecule has 0 bridgehead atoms. The van der Waals surface area contributed by atoms with Gasteiger partial charge < -0.3 is 4.74 Å². The minimum Gasteiger partial charge on any atom is -0.429 e. The van der Waals surface area contributed by atoms with Crippen molar-refractivity contribution in [1.29, 1.82) is 0 Å². The molecular formula is C7H6F3N7O14. The van der Waals surface area contributed by atoms with Crippen molar-refractivity contribution in [2.75, 3.05) is 19.7 Å². The molecule has 0 aromatic heterocycles. The third kappa shape index (κ3) is 5.29. The van der Waals surface area contributed by atoms with E-state index in [2.05, 4.69) is 4.74 Å². The van der Waals surface area contributed by atoms with E-state index in [1.807, 2.05) is 0 Å². The second-order valence-electron chi connectivity index (χ2n) is 5.11. The summed E-state index contributed by atoms with van der Waals surface area (Å²) in [5.41, 5.74) is 0. The lowest BCUT2D eigenvalue weighted by Gasteiger charge is -2.22. The van der Waals surface area contributed by atoms with Gasteiger partial charge in [-0.1, -0.05) is 13.2 Å². The molecule has 0 rings (SSSR count). The second-order valence-corrected chi connectivity index (χ2v) is 5.11. The van der Waals surface area contributed by atoms with Crippen molar-refractivity contribution >= 4 is 6.09 Å². The Bertz CT molecular complexity index is 753. The Labute approximate surface area is 162 Å². The van der Waals surface area contributed by atoms with Crippen molar-refractivity contribution in [2.24, 2.45) is 0 Å². The van der Waals surface area contributed by atoms with Crippen molar-refractivity contribution in [3.05, 3.63) is 60.7 Å². The van der Waals surface area contributed by atoms with Crippen LogP contribution in [0.5, 0.6) is 0 Å². The van der Waals surface area contributed by atoms with Crippen molar-refractivity contribution in [3.63, 3.8) is 0 Å². The summed E-state index contributed by atoms with van der Waals surface area (Å²) in [6.07, 6.45) is -2.69. The number of nitrogens with zero attached hydrogens (tertiary/aromatic N) is 7. The van der Waals surface area contributed by atoms with Crippen LogP contribution in [0.1, 0.15) is 0 Å². The van der Waals surface area contributed by atoms with Crippen LogP contribution in [-0.4, -0.2) is 78.0 Å². The van der Waals surface area contributed by atoms with Crippen LogP contribution < -0.4 is 0 Å². The normalized spacial score (nSPS) is 11.8. The zero-order valence-corrected chi connectivity index (χ0v) is 14.1. The highest BCUT2D eigenvalue weighted by atomic mass is 19.2. The minimum absolute atomic E-state index is 1.09. The van der Waals surface area contributed by atoms with Gasteiger partial charge >= 0.3 is 23.8 Å². The molecule has 0 aliphatic carbocycles. The smallest absolute Gasteiger partial charge is 0.429 e. The van der Waals surface area contributed by atoms with Crippen LogP contribution in [0.4, 0.5) is 18.0 Å². The topological polar surface area (TPSA) is 288 Å². The van der Waals surface area contributed by atoms with Crippen LogP contribution in [0.3, 0.4) is 0 Å². The van der Waals surface area contributed by atoms with Crippen molar-refractivity contribution in [2.45, 2.75) is 17.7 Å². The summed E-state index contributed by atoms with van der Waals surface area (Å²) < 4.78 is 45.1. The molecule has 174 valence electrons. The maximum atomic E-state index is 14.0. The fraction of sp³-hybridized carbons (Fsp3) is 0.857. The van der Waals surface area contributed by atoms with Gasteiger partial charge in [0, 0.05) is 0 Å². The molecule has 0 aliphatic rings. The number of carbonyl (C=O) groups excluding carboxylic acids is 1. The number of alkyl halides is 3. The zero-order chi connectivity index (χ0) is 24.9. The summed E-state index contributed by atoms with van der Waals surface area (Å²) in [6.45, 7) is -7.81. The molecular weight excluding hydrogens is 463 g/mol. The first-order chi connectivity index (χ1) is 13.9. The van der Waals surface area contributed by atoms with Crippen LogP contribution in [0.25, 0.3) is 0 Å². The highest BCUT2D eigenvalue weighted by Crippen LogP contribution is 2.22. The lowest BCUT2D eigenvalue weighted by Crippen LogP contribution is -2.59. The van der Waals surface area contributed by atoms with E-state index in [1.54, 1.807) is 0 Å². The summed E-state index contributed by atoms with van der Waals surface area (Å²) in [5.74, 6) is -14.8. The lowest BCUT2D eigenvalue weighted by atomic mass is 10.3. The molecule has 0 aromatic rings. The molecule has 31 heavy (non-hydrogen) atoms. The number of rotatable bonds is 12. The summed E-state index contributed by atoms with van der Waals surface area (Å²) in [7, 11) is 0. The molecule has 0 radical (unpaired) electrons. The fourth-order valence-corrected chi connectivity index (χ4v) is 1.45. The Morgan fingerprint density at radius 3 is 1.13 bits per heavy atom. The molecule has 0 N–H and O–H groups in total. The Balaban J connectivity index is 6.16. The van der Waals surface area contributed by atoms with Gasteiger partial charge in [-0.05, 0) is 0 Å². The fourth-order valence-electron chi connectivity index (χ4n) is 1.45. The monoisotopic (exact) mass is 469 g/mol. The maximum Gasteiger partial charge on any atom is 0.648 e. The van der Waals surface area contributed by atoms with E-state index < -0.39 is 78.0 Å². The first-order valence-corrected chi connectivity index (χ1v) is 6.71. The van der Waals surface area contributed by atoms with Gasteiger partial charge in [0.05, 0.1) is 0 Å². The molecule has 0 atom stereocenters. The maximum absolute atomic E-state index is 14.0. The summed E-state index contributed by atoms with van der Waals surface area (Å²) >= 11 is 0. The number of carbonyl (C=O) groups is 1. The standard InChI is InChI=1S/C7H6F3N7O14/c8-5(12(19)20,13(21)22)1-11(2-6(9,14(23)24)15(25)26)4(18)31-3-7(10,16(27)28)17(29)30/h1-3H2. The average molecular weight is 469 g/mol. The molecule has 0 saturated carbocycles. The third-order valence-electron chi connectivity index (χ3n) is 3.10. The molecule has 24 heteroatoms. The minimum atomic E-state index is -4.99. The van der Waals surface area contributed by atoms with Gasteiger partial charge in [0.2, 0.25) is 13.1 Å². The van der Waals surface area contributed by atoms with E-state index in [0.29, 0.717) is 0 Å². The van der Waals surface area contributed by atoms with Gasteiger partial charge in [-0.15, -0.1) is 0 Å². The Kier molecular flexibility index (Phi) is 7.56. The van der Waals surface area contributed by atoms with Crippen LogP contribution in [0.2, 0.25) is 0 Å². The number of halogens is 3. The highest BCUT2D eigenvalue weighted by Gasteiger charge is 2.66. The van der Waals surface area contributed by atoms with Gasteiger partial charge in [-0.2, -0.15) is 0 Å². The first kappa shape index (κ1) is 26.5. The predicted octanol–water partition coefficient (Wildman–Crippen LogP) is -1.04. The van der Waals surface area contributed by atoms with Crippen LogP contribution in [0, 0.1) is 60.7 Å². The molecule has 21 nitrogen and oxygen atoms in total. The van der Waals surface area contributed by atoms with Gasteiger partial charge in [0.25, 0.3) is 6.61 Å². The van der Waals surface area contributed by atoms with Gasteiger partial charge in [-0.3, -0.25) is 65.6 Å². The quantitative estimate of drug-likeness (QED) is 0.143.